The van der Waals surface area contributed by atoms with Crippen LogP contribution >= 0.6 is 85.3 Å². The lowest BCUT2D eigenvalue weighted by molar-refractivity contribution is 0.544. The van der Waals surface area contributed by atoms with E-state index in [-0.39, 0.29) is 43.4 Å². The first-order valence-corrected chi connectivity index (χ1v) is 19.6. The Bertz CT molecular complexity index is 2430. The summed E-state index contributed by atoms with van der Waals surface area (Å²) in [5.74, 6) is 0. The standard InChI is InChI=1S/2C9H6Cl2N2O2.C9H8N2O4.Cl3OP/c2*1-2-4-3-5(14)15-8-6(4)7(10)12-9(11)13-8;1-2-4-3-5(12)15-8-6(4)7(13)10-9(14)11-8;1-5(2,3)4/h2*3H,2H2,1H3;3H,2H2,1H3,(H2,10,11,13,14);. The predicted octanol–water partition coefficient (Wildman–Crippen LogP) is 7.45. The highest BCUT2D eigenvalue weighted by atomic mass is 36.0. The molecule has 0 saturated heterocycles. The number of aromatic amines is 2. The van der Waals surface area contributed by atoms with Crippen molar-refractivity contribution in [1.82, 2.24) is 29.9 Å². The van der Waals surface area contributed by atoms with Crippen molar-refractivity contribution < 1.29 is 17.8 Å². The SMILES string of the molecule is CCc1cc(=O)oc2[nH]c(=O)[nH]c(=O)c12.CCc1cc(=O)oc2nc(Cl)nc(Cl)c12.CCc1cc(=O)oc2nc(Cl)nc(Cl)c12.O=P(Cl)(Cl)Cl. The third-order valence-electron chi connectivity index (χ3n) is 6.10. The van der Waals surface area contributed by atoms with Crippen LogP contribution in [0.25, 0.3) is 33.3 Å². The van der Waals surface area contributed by atoms with Gasteiger partial charge in [0.25, 0.3) is 5.56 Å². The number of hydrogen-bond acceptors (Lipinski definition) is 13. The summed E-state index contributed by atoms with van der Waals surface area (Å²) in [5.41, 5.74) is -0.513. The third kappa shape index (κ3) is 11.4. The number of nitrogens with one attached hydrogen (secondary N) is 2. The number of nitrogens with zero attached hydrogens (tertiary/aromatic N) is 4. The largest absolute Gasteiger partial charge is 0.405 e. The van der Waals surface area contributed by atoms with E-state index in [1.807, 2.05) is 13.8 Å². The van der Waals surface area contributed by atoms with Gasteiger partial charge in [0, 0.05) is 18.2 Å². The number of H-pyrrole nitrogens is 2. The maximum Gasteiger partial charge on any atom is 0.339 e. The normalized spacial score (nSPS) is 10.9. The maximum absolute atomic E-state index is 11.5. The van der Waals surface area contributed by atoms with Crippen molar-refractivity contribution in [1.29, 1.82) is 0 Å². The molecular formula is C27H20Cl7N6O9P. The van der Waals surface area contributed by atoms with Crippen LogP contribution in [-0.4, -0.2) is 29.9 Å². The Morgan fingerprint density at radius 3 is 1.34 bits per heavy atom. The van der Waals surface area contributed by atoms with E-state index in [4.69, 9.17) is 59.7 Å². The summed E-state index contributed by atoms with van der Waals surface area (Å²) in [6.07, 6.45) is 1.80. The number of aromatic nitrogens is 6. The monoisotopic (exact) mass is 848 g/mol. The highest BCUT2D eigenvalue weighted by Gasteiger charge is 2.13. The van der Waals surface area contributed by atoms with E-state index >= 15 is 0 Å². The van der Waals surface area contributed by atoms with Crippen LogP contribution in [0.1, 0.15) is 37.5 Å². The fraction of sp³-hybridized carbons (Fsp3) is 0.222. The Hall–Kier alpha value is -3.27. The van der Waals surface area contributed by atoms with E-state index < -0.39 is 33.3 Å². The van der Waals surface area contributed by atoms with Crippen LogP contribution in [0.5, 0.6) is 0 Å². The molecule has 0 atom stereocenters. The molecule has 0 saturated carbocycles. The van der Waals surface area contributed by atoms with Crippen LogP contribution in [0.4, 0.5) is 0 Å². The number of aryl methyl sites for hydroxylation is 3. The van der Waals surface area contributed by atoms with Crippen molar-refractivity contribution in [2.24, 2.45) is 0 Å². The first-order valence-electron chi connectivity index (χ1n) is 13.6. The van der Waals surface area contributed by atoms with Gasteiger partial charge in [-0.15, -0.1) is 0 Å². The van der Waals surface area contributed by atoms with Gasteiger partial charge in [0.1, 0.15) is 15.7 Å². The Balaban J connectivity index is 0.000000190. The van der Waals surface area contributed by atoms with E-state index in [2.05, 4.69) is 63.6 Å². The van der Waals surface area contributed by atoms with Gasteiger partial charge in [-0.3, -0.25) is 19.3 Å². The number of halogens is 7. The first kappa shape index (κ1) is 41.2. The second-order valence-corrected chi connectivity index (χ2v) is 17.3. The summed E-state index contributed by atoms with van der Waals surface area (Å²) in [4.78, 5) is 75.4. The molecule has 0 fully saturated rings. The van der Waals surface area contributed by atoms with Crippen LogP contribution < -0.4 is 28.1 Å². The van der Waals surface area contributed by atoms with Gasteiger partial charge in [-0.05, 0) is 92.9 Å². The van der Waals surface area contributed by atoms with E-state index in [0.717, 1.165) is 11.1 Å². The summed E-state index contributed by atoms with van der Waals surface area (Å²) in [6.45, 7) is 5.61. The van der Waals surface area contributed by atoms with Crippen molar-refractivity contribution in [3.8, 4) is 0 Å². The topological polar surface area (TPSA) is 225 Å². The molecule has 2 N–H and O–H groups in total. The molecular weight excluding hydrogens is 831 g/mol. The molecule has 0 spiro atoms. The van der Waals surface area contributed by atoms with Crippen molar-refractivity contribution in [3.63, 3.8) is 0 Å². The molecule has 0 radical (unpaired) electrons. The molecule has 0 aliphatic carbocycles. The van der Waals surface area contributed by atoms with Gasteiger partial charge in [0.2, 0.25) is 27.7 Å². The van der Waals surface area contributed by atoms with E-state index in [1.54, 1.807) is 6.92 Å². The second-order valence-electron chi connectivity index (χ2n) is 9.27. The zero-order chi connectivity index (χ0) is 37.5. The number of fused-ring (bicyclic) bond motifs is 3. The minimum absolute atomic E-state index is 0.0381. The Labute approximate surface area is 312 Å². The molecule has 6 heterocycles. The average molecular weight is 852 g/mol. The molecule has 0 amide bonds. The highest BCUT2D eigenvalue weighted by molar-refractivity contribution is 8.24. The van der Waals surface area contributed by atoms with Crippen LogP contribution in [0.2, 0.25) is 20.9 Å². The predicted molar refractivity (Wildman–Crippen MR) is 193 cm³/mol. The second kappa shape index (κ2) is 17.8. The van der Waals surface area contributed by atoms with Gasteiger partial charge in [-0.1, -0.05) is 44.0 Å². The van der Waals surface area contributed by atoms with Crippen LogP contribution in [-0.2, 0) is 23.8 Å². The van der Waals surface area contributed by atoms with Gasteiger partial charge < -0.3 is 13.3 Å². The van der Waals surface area contributed by atoms with Gasteiger partial charge in [0.15, 0.2) is 0 Å². The van der Waals surface area contributed by atoms with E-state index in [1.165, 1.54) is 18.2 Å². The fourth-order valence-corrected chi connectivity index (χ4v) is 5.13. The fourth-order valence-electron chi connectivity index (χ4n) is 4.16. The molecule has 6 rings (SSSR count). The summed E-state index contributed by atoms with van der Waals surface area (Å²) < 4.78 is 24.0. The molecule has 0 aromatic carbocycles. The average Bonchev–Trinajstić information content (AvgIpc) is 2.98. The number of hydrogen-bond donors (Lipinski definition) is 2. The Morgan fingerprint density at radius 1 is 0.600 bits per heavy atom. The smallest absolute Gasteiger partial charge is 0.339 e. The van der Waals surface area contributed by atoms with E-state index in [9.17, 15) is 28.5 Å². The quantitative estimate of drug-likeness (QED) is 0.100. The maximum atomic E-state index is 11.5. The van der Waals surface area contributed by atoms with Gasteiger partial charge in [-0.2, -0.15) is 9.97 Å². The van der Waals surface area contributed by atoms with Crippen LogP contribution in [0, 0.1) is 0 Å². The summed E-state index contributed by atoms with van der Waals surface area (Å²) in [6, 6.07) is 4.01. The molecule has 266 valence electrons. The molecule has 0 aliphatic heterocycles. The van der Waals surface area contributed by atoms with Crippen molar-refractivity contribution in [2.75, 3.05) is 0 Å². The van der Waals surface area contributed by atoms with Crippen molar-refractivity contribution in [2.45, 2.75) is 40.0 Å². The lowest BCUT2D eigenvalue weighted by atomic mass is 10.1. The molecule has 50 heavy (non-hydrogen) atoms. The summed E-state index contributed by atoms with van der Waals surface area (Å²) in [7, 11) is 0. The van der Waals surface area contributed by atoms with Gasteiger partial charge in [-0.25, -0.2) is 29.1 Å². The first-order chi connectivity index (χ1) is 23.3. The van der Waals surface area contributed by atoms with Crippen LogP contribution in [0.15, 0.2) is 55.4 Å². The lowest BCUT2D eigenvalue weighted by Gasteiger charge is -2.03. The minimum atomic E-state index is -3.22. The molecule has 23 heteroatoms. The lowest BCUT2D eigenvalue weighted by Crippen LogP contribution is -2.23. The minimum Gasteiger partial charge on any atom is -0.405 e. The zero-order valence-electron chi connectivity index (χ0n) is 25.4. The van der Waals surface area contributed by atoms with Crippen molar-refractivity contribution in [3.05, 3.63) is 108 Å². The Morgan fingerprint density at radius 2 is 0.960 bits per heavy atom. The van der Waals surface area contributed by atoms with Crippen LogP contribution in [0.3, 0.4) is 0 Å². The molecule has 15 nitrogen and oxygen atoms in total. The molecule has 6 aromatic heterocycles. The highest BCUT2D eigenvalue weighted by Crippen LogP contribution is 2.61. The number of rotatable bonds is 3. The molecule has 6 aromatic rings. The Kier molecular flexibility index (Phi) is 14.6. The van der Waals surface area contributed by atoms with Gasteiger partial charge in [0.05, 0.1) is 10.8 Å². The van der Waals surface area contributed by atoms with Gasteiger partial charge >= 0.3 is 27.8 Å². The van der Waals surface area contributed by atoms with Crippen molar-refractivity contribution >= 4 is 119 Å². The third-order valence-corrected chi connectivity index (χ3v) is 6.98. The summed E-state index contributed by atoms with van der Waals surface area (Å²) in [5, 5.41) is -1.59. The zero-order valence-corrected chi connectivity index (χ0v) is 31.6. The summed E-state index contributed by atoms with van der Waals surface area (Å²) >= 11 is 36.9. The van der Waals surface area contributed by atoms with E-state index in [0.29, 0.717) is 35.6 Å². The molecule has 0 aliphatic rings. The molecule has 0 bridgehead atoms. The molecule has 0 unspecified atom stereocenters.